The Balaban J connectivity index is 0.000000675. The zero-order chi connectivity index (χ0) is 25.0. The number of aliphatic carboxylic acids is 1. The van der Waals surface area contributed by atoms with Crippen LogP contribution in [0.25, 0.3) is 11.3 Å². The van der Waals surface area contributed by atoms with Crippen molar-refractivity contribution in [2.75, 3.05) is 45.2 Å². The normalized spacial score (nSPS) is 11.5. The summed E-state index contributed by atoms with van der Waals surface area (Å²) in [6, 6.07) is 4.26. The first-order chi connectivity index (χ1) is 15.5. The van der Waals surface area contributed by atoms with E-state index in [4.69, 9.17) is 14.9 Å². The molecule has 0 aliphatic rings. The molecule has 0 amide bonds. The number of hydrogen-bond acceptors (Lipinski definition) is 6. The van der Waals surface area contributed by atoms with E-state index in [9.17, 15) is 13.2 Å². The smallest absolute Gasteiger partial charge is 0.475 e. The van der Waals surface area contributed by atoms with Crippen LogP contribution in [0, 0.1) is 5.92 Å². The highest BCUT2D eigenvalue weighted by molar-refractivity contribution is 5.73. The number of carboxylic acids is 1. The summed E-state index contributed by atoms with van der Waals surface area (Å²) in [5, 5.41) is 17.7. The Morgan fingerprint density at radius 3 is 2.39 bits per heavy atom. The second kappa shape index (κ2) is 13.8. The number of nitrogens with one attached hydrogen (secondary N) is 2. The maximum atomic E-state index is 10.6. The first-order valence-electron chi connectivity index (χ1n) is 10.9. The number of aromatic nitrogens is 3. The number of H-pyrrole nitrogens is 1. The lowest BCUT2D eigenvalue weighted by molar-refractivity contribution is -0.192. The van der Waals surface area contributed by atoms with Crippen molar-refractivity contribution in [2.45, 2.75) is 39.9 Å². The minimum Gasteiger partial charge on any atom is -0.475 e. The number of rotatable bonds is 11. The number of carbonyl (C=O) groups is 1. The van der Waals surface area contributed by atoms with E-state index in [0.717, 1.165) is 49.8 Å². The maximum Gasteiger partial charge on any atom is 0.490 e. The Hall–Kier alpha value is -2.66. The van der Waals surface area contributed by atoms with Gasteiger partial charge in [0.15, 0.2) is 0 Å². The van der Waals surface area contributed by atoms with Gasteiger partial charge in [0.05, 0.1) is 11.9 Å². The Labute approximate surface area is 193 Å². The van der Waals surface area contributed by atoms with Crippen molar-refractivity contribution in [2.24, 2.45) is 5.92 Å². The molecule has 186 valence electrons. The molecule has 0 saturated carbocycles. The fourth-order valence-corrected chi connectivity index (χ4v) is 2.92. The average molecular weight is 473 g/mol. The Morgan fingerprint density at radius 1 is 1.24 bits per heavy atom. The molecule has 0 atom stereocenters. The summed E-state index contributed by atoms with van der Waals surface area (Å²) in [5.41, 5.74) is 3.35. The van der Waals surface area contributed by atoms with E-state index in [1.807, 2.05) is 19.4 Å². The molecule has 2 rings (SSSR count). The van der Waals surface area contributed by atoms with Gasteiger partial charge in [-0.15, -0.1) is 0 Å². The molecule has 0 unspecified atom stereocenters. The molecule has 2 aromatic heterocycles. The quantitative estimate of drug-likeness (QED) is 0.460. The van der Waals surface area contributed by atoms with Gasteiger partial charge in [0.2, 0.25) is 0 Å². The topological polar surface area (TPSA) is 97.4 Å². The molecule has 3 N–H and O–H groups in total. The number of aromatic amines is 1. The number of likely N-dealkylation sites (N-methyl/N-ethyl adjacent to an activating group) is 2. The Kier molecular flexibility index (Phi) is 11.9. The van der Waals surface area contributed by atoms with Crippen molar-refractivity contribution >= 4 is 11.8 Å². The maximum absolute atomic E-state index is 10.6. The molecule has 0 spiro atoms. The first-order valence-corrected chi connectivity index (χ1v) is 10.9. The lowest BCUT2D eigenvalue weighted by Gasteiger charge is -2.23. The van der Waals surface area contributed by atoms with Crippen LogP contribution < -0.4 is 10.2 Å². The molecule has 33 heavy (non-hydrogen) atoms. The summed E-state index contributed by atoms with van der Waals surface area (Å²) in [6.07, 6.45) is -0.0288. The lowest BCUT2D eigenvalue weighted by Crippen LogP contribution is -2.27. The molecule has 0 aliphatic heterocycles. The summed E-state index contributed by atoms with van der Waals surface area (Å²) in [6.45, 7) is 11.6. The molecule has 0 bridgehead atoms. The molecule has 0 aromatic carbocycles. The summed E-state index contributed by atoms with van der Waals surface area (Å²) >= 11 is 0. The fourth-order valence-electron chi connectivity index (χ4n) is 2.92. The number of nitrogens with zero attached hydrogens (tertiary/aromatic N) is 4. The highest BCUT2D eigenvalue weighted by Crippen LogP contribution is 2.23. The predicted molar refractivity (Wildman–Crippen MR) is 123 cm³/mol. The number of pyridine rings is 1. The lowest BCUT2D eigenvalue weighted by atomic mass is 10.1. The summed E-state index contributed by atoms with van der Waals surface area (Å²) in [7, 11) is 4.11. The van der Waals surface area contributed by atoms with Crippen LogP contribution in [0.2, 0.25) is 0 Å². The molecular formula is C22H35F3N6O2. The van der Waals surface area contributed by atoms with Crippen molar-refractivity contribution < 1.29 is 23.1 Å². The predicted octanol–water partition coefficient (Wildman–Crippen LogP) is 3.63. The molecule has 11 heteroatoms. The third kappa shape index (κ3) is 10.2. The number of halogens is 3. The van der Waals surface area contributed by atoms with Crippen LogP contribution in [0.4, 0.5) is 19.0 Å². The van der Waals surface area contributed by atoms with E-state index >= 15 is 0 Å². The standard InChI is InChI=1S/C20H34N6.C2HF3O2/c1-6-26(11-9-16(2)3)19-8-7-17(13-22-19)20-18(14-23-24-20)15-25(5)12-10-21-4;3-2(4,5)1(6)7/h7-8,13-14,16,21H,6,9-12,15H2,1-5H3,(H,23,24);(H,6,7). The summed E-state index contributed by atoms with van der Waals surface area (Å²) in [4.78, 5) is 18.2. The number of alkyl halides is 3. The second-order valence-corrected chi connectivity index (χ2v) is 8.08. The number of carboxylic acid groups (broad SMARTS) is 1. The fraction of sp³-hybridized carbons (Fsp3) is 0.591. The van der Waals surface area contributed by atoms with Crippen LogP contribution >= 0.6 is 0 Å². The molecule has 2 aromatic rings. The van der Waals surface area contributed by atoms with E-state index in [2.05, 4.69) is 65.3 Å². The van der Waals surface area contributed by atoms with Gasteiger partial charge in [-0.1, -0.05) is 13.8 Å². The van der Waals surface area contributed by atoms with Crippen molar-refractivity contribution in [3.05, 3.63) is 30.1 Å². The van der Waals surface area contributed by atoms with Crippen LogP contribution in [0.3, 0.4) is 0 Å². The van der Waals surface area contributed by atoms with Crippen LogP contribution in [0.15, 0.2) is 24.5 Å². The molecule has 0 aliphatic carbocycles. The minimum atomic E-state index is -5.08. The van der Waals surface area contributed by atoms with Crippen molar-refractivity contribution in [3.63, 3.8) is 0 Å². The van der Waals surface area contributed by atoms with E-state index in [0.29, 0.717) is 5.92 Å². The van der Waals surface area contributed by atoms with E-state index in [1.165, 1.54) is 12.0 Å². The number of hydrogen-bond donors (Lipinski definition) is 3. The van der Waals surface area contributed by atoms with Gasteiger partial charge < -0.3 is 20.2 Å². The molecule has 2 heterocycles. The Bertz CT molecular complexity index is 824. The molecule has 0 saturated heterocycles. The first kappa shape index (κ1) is 28.4. The van der Waals surface area contributed by atoms with E-state index in [1.54, 1.807) is 0 Å². The zero-order valence-electron chi connectivity index (χ0n) is 19.9. The average Bonchev–Trinajstić information content (AvgIpc) is 3.20. The van der Waals surface area contributed by atoms with Gasteiger partial charge in [0.1, 0.15) is 5.82 Å². The van der Waals surface area contributed by atoms with Gasteiger partial charge in [0, 0.05) is 50.0 Å². The third-order valence-electron chi connectivity index (χ3n) is 4.86. The van der Waals surface area contributed by atoms with Gasteiger partial charge in [0.25, 0.3) is 0 Å². The van der Waals surface area contributed by atoms with Crippen LogP contribution in [-0.4, -0.2) is 77.6 Å². The van der Waals surface area contributed by atoms with Gasteiger partial charge in [-0.05, 0) is 45.5 Å². The SMILES string of the molecule is CCN(CCC(C)C)c1ccc(-c2[nH]ncc2CN(C)CCNC)cn1.O=C(O)C(F)(F)F. The second-order valence-electron chi connectivity index (χ2n) is 8.08. The summed E-state index contributed by atoms with van der Waals surface area (Å²) in [5.74, 6) is -1.01. The molecule has 0 fully saturated rings. The van der Waals surface area contributed by atoms with Crippen LogP contribution in [0.1, 0.15) is 32.8 Å². The van der Waals surface area contributed by atoms with Crippen LogP contribution in [0.5, 0.6) is 0 Å². The highest BCUT2D eigenvalue weighted by Gasteiger charge is 2.38. The number of anilines is 1. The molecular weight excluding hydrogens is 437 g/mol. The molecule has 0 radical (unpaired) electrons. The van der Waals surface area contributed by atoms with Gasteiger partial charge in [-0.2, -0.15) is 18.3 Å². The van der Waals surface area contributed by atoms with E-state index in [-0.39, 0.29) is 0 Å². The molecule has 8 nitrogen and oxygen atoms in total. The van der Waals surface area contributed by atoms with Gasteiger partial charge in [-0.3, -0.25) is 5.10 Å². The largest absolute Gasteiger partial charge is 0.490 e. The monoisotopic (exact) mass is 472 g/mol. The van der Waals surface area contributed by atoms with E-state index < -0.39 is 12.1 Å². The summed E-state index contributed by atoms with van der Waals surface area (Å²) < 4.78 is 31.7. The third-order valence-corrected chi connectivity index (χ3v) is 4.86. The van der Waals surface area contributed by atoms with Gasteiger partial charge in [-0.25, -0.2) is 9.78 Å². The van der Waals surface area contributed by atoms with Crippen LogP contribution in [-0.2, 0) is 11.3 Å². The van der Waals surface area contributed by atoms with Crippen molar-refractivity contribution in [3.8, 4) is 11.3 Å². The minimum absolute atomic E-state index is 0.704. The van der Waals surface area contributed by atoms with Gasteiger partial charge >= 0.3 is 12.1 Å². The van der Waals surface area contributed by atoms with Crippen molar-refractivity contribution in [1.82, 2.24) is 25.4 Å². The van der Waals surface area contributed by atoms with Crippen molar-refractivity contribution in [1.29, 1.82) is 0 Å². The zero-order valence-corrected chi connectivity index (χ0v) is 19.9. The Morgan fingerprint density at radius 2 is 1.91 bits per heavy atom. The highest BCUT2D eigenvalue weighted by atomic mass is 19.4.